The molecule has 0 aromatic rings. The summed E-state index contributed by atoms with van der Waals surface area (Å²) in [7, 11) is 1.68. The molecule has 1 unspecified atom stereocenters. The molecule has 0 saturated heterocycles. The Balaban J connectivity index is 3.24. The van der Waals surface area contributed by atoms with Gasteiger partial charge in [-0.05, 0) is 13.5 Å². The largest absolute Gasteiger partial charge is 0.368 e. The van der Waals surface area contributed by atoms with E-state index in [0.29, 0.717) is 6.42 Å². The molecule has 0 bridgehead atoms. The zero-order valence-electron chi connectivity index (χ0n) is 7.46. The number of carbonyl (C=O) groups excluding carboxylic acids is 1. The van der Waals surface area contributed by atoms with Gasteiger partial charge in [0.25, 0.3) is 0 Å². The minimum atomic E-state index is -0.792. The molecule has 0 saturated carbocycles. The zero-order valence-corrected chi connectivity index (χ0v) is 7.46. The van der Waals surface area contributed by atoms with Crippen molar-refractivity contribution in [1.82, 2.24) is 10.6 Å². The average molecular weight is 176 g/mol. The molecule has 72 valence electrons. The van der Waals surface area contributed by atoms with E-state index >= 15 is 0 Å². The molecule has 0 aliphatic heterocycles. The van der Waals surface area contributed by atoms with Crippen LogP contribution in [0, 0.1) is 0 Å². The molecular weight excluding hydrogens is 160 g/mol. The van der Waals surface area contributed by atoms with Crippen molar-refractivity contribution in [2.24, 2.45) is 0 Å². The van der Waals surface area contributed by atoms with Gasteiger partial charge < -0.3 is 20.5 Å². The van der Waals surface area contributed by atoms with E-state index in [1.54, 1.807) is 14.0 Å². The van der Waals surface area contributed by atoms with Gasteiger partial charge in [0, 0.05) is 0 Å². The Kier molecular flexibility index (Phi) is 6.64. The molecule has 12 heavy (non-hydrogen) atoms. The van der Waals surface area contributed by atoms with Gasteiger partial charge in [0.15, 0.2) is 6.29 Å². The molecule has 0 spiro atoms. The van der Waals surface area contributed by atoms with Crippen LogP contribution in [0.4, 0.5) is 0 Å². The van der Waals surface area contributed by atoms with Crippen molar-refractivity contribution in [3.05, 3.63) is 0 Å². The van der Waals surface area contributed by atoms with Gasteiger partial charge in [-0.25, -0.2) is 0 Å². The highest BCUT2D eigenvalue weighted by atomic mass is 16.6. The minimum absolute atomic E-state index is 0.0511. The monoisotopic (exact) mass is 176 g/mol. The fourth-order valence-electron chi connectivity index (χ4n) is 0.559. The number of carbonyl (C=O) groups is 1. The first kappa shape index (κ1) is 11.4. The van der Waals surface area contributed by atoms with Gasteiger partial charge in [0.1, 0.15) is 6.73 Å². The SMILES string of the molecule is CCC(O)OCNC(=O)CNC. The summed E-state index contributed by atoms with van der Waals surface area (Å²) in [6.07, 6.45) is -0.276. The summed E-state index contributed by atoms with van der Waals surface area (Å²) < 4.78 is 4.80. The van der Waals surface area contributed by atoms with E-state index in [1.807, 2.05) is 0 Å². The van der Waals surface area contributed by atoms with Crippen molar-refractivity contribution < 1.29 is 14.6 Å². The third-order valence-corrected chi connectivity index (χ3v) is 1.23. The van der Waals surface area contributed by atoms with Crippen LogP contribution in [0.3, 0.4) is 0 Å². The molecule has 0 aromatic heterocycles. The third-order valence-electron chi connectivity index (χ3n) is 1.23. The maximum absolute atomic E-state index is 10.8. The highest BCUT2D eigenvalue weighted by molar-refractivity contribution is 5.77. The highest BCUT2D eigenvalue weighted by Crippen LogP contribution is 1.89. The fraction of sp³-hybridized carbons (Fsp3) is 0.857. The Hall–Kier alpha value is -0.650. The van der Waals surface area contributed by atoms with Gasteiger partial charge in [-0.1, -0.05) is 6.92 Å². The summed E-state index contributed by atoms with van der Waals surface area (Å²) in [6.45, 7) is 2.10. The maximum atomic E-state index is 10.8. The standard InChI is InChI=1S/C7H16N2O3/c1-3-7(11)12-5-9-6(10)4-8-2/h7-8,11H,3-5H2,1-2H3,(H,9,10). The molecule has 5 nitrogen and oxygen atoms in total. The van der Waals surface area contributed by atoms with E-state index in [0.717, 1.165) is 0 Å². The second-order valence-corrected chi connectivity index (χ2v) is 2.30. The molecule has 1 amide bonds. The molecule has 5 heteroatoms. The van der Waals surface area contributed by atoms with Crippen LogP contribution in [0.15, 0.2) is 0 Å². The predicted octanol–water partition coefficient (Wildman–Crippen LogP) is -0.975. The van der Waals surface area contributed by atoms with Crippen LogP contribution < -0.4 is 10.6 Å². The van der Waals surface area contributed by atoms with Gasteiger partial charge >= 0.3 is 0 Å². The van der Waals surface area contributed by atoms with Crippen LogP contribution in [-0.2, 0) is 9.53 Å². The lowest BCUT2D eigenvalue weighted by molar-refractivity contribution is -0.130. The Morgan fingerprint density at radius 2 is 2.33 bits per heavy atom. The number of hydrogen-bond donors (Lipinski definition) is 3. The van der Waals surface area contributed by atoms with Crippen molar-refractivity contribution >= 4 is 5.91 Å². The fourth-order valence-corrected chi connectivity index (χ4v) is 0.559. The summed E-state index contributed by atoms with van der Waals surface area (Å²) in [6, 6.07) is 0. The maximum Gasteiger partial charge on any atom is 0.235 e. The lowest BCUT2D eigenvalue weighted by Gasteiger charge is -2.09. The van der Waals surface area contributed by atoms with Gasteiger partial charge in [-0.2, -0.15) is 0 Å². The Morgan fingerprint density at radius 3 is 2.83 bits per heavy atom. The topological polar surface area (TPSA) is 70.6 Å². The van der Waals surface area contributed by atoms with E-state index in [-0.39, 0.29) is 19.2 Å². The van der Waals surface area contributed by atoms with Crippen LogP contribution >= 0.6 is 0 Å². The van der Waals surface area contributed by atoms with Gasteiger partial charge in [0.2, 0.25) is 5.91 Å². The van der Waals surface area contributed by atoms with E-state index in [9.17, 15) is 4.79 Å². The van der Waals surface area contributed by atoms with Gasteiger partial charge in [0.05, 0.1) is 6.54 Å². The van der Waals surface area contributed by atoms with Crippen LogP contribution in [0.5, 0.6) is 0 Å². The number of aliphatic hydroxyl groups excluding tert-OH is 1. The molecule has 0 aromatic carbocycles. The lowest BCUT2D eigenvalue weighted by atomic mass is 10.5. The van der Waals surface area contributed by atoms with Crippen LogP contribution in [0.25, 0.3) is 0 Å². The second kappa shape index (κ2) is 7.02. The van der Waals surface area contributed by atoms with Crippen molar-refractivity contribution in [3.63, 3.8) is 0 Å². The number of rotatable bonds is 6. The van der Waals surface area contributed by atoms with E-state index < -0.39 is 6.29 Å². The molecule has 0 radical (unpaired) electrons. The Bertz CT molecular complexity index is 130. The summed E-state index contributed by atoms with van der Waals surface area (Å²) in [5.74, 6) is -0.152. The van der Waals surface area contributed by atoms with Crippen LogP contribution in [0.1, 0.15) is 13.3 Å². The first-order valence-corrected chi connectivity index (χ1v) is 3.91. The van der Waals surface area contributed by atoms with E-state index in [4.69, 9.17) is 9.84 Å². The predicted molar refractivity (Wildman–Crippen MR) is 44.3 cm³/mol. The number of aliphatic hydroxyl groups is 1. The first-order chi connectivity index (χ1) is 5.70. The smallest absolute Gasteiger partial charge is 0.235 e. The number of likely N-dealkylation sites (N-methyl/N-ethyl adjacent to an activating group) is 1. The summed E-state index contributed by atoms with van der Waals surface area (Å²) >= 11 is 0. The number of ether oxygens (including phenoxy) is 1. The van der Waals surface area contributed by atoms with E-state index in [1.165, 1.54) is 0 Å². The number of hydrogen-bond acceptors (Lipinski definition) is 4. The average Bonchev–Trinajstić information content (AvgIpc) is 2.04. The van der Waals surface area contributed by atoms with Gasteiger partial charge in [-0.3, -0.25) is 4.79 Å². The van der Waals surface area contributed by atoms with Crippen molar-refractivity contribution in [2.45, 2.75) is 19.6 Å². The number of amides is 1. The summed E-state index contributed by atoms with van der Waals surface area (Å²) in [4.78, 5) is 10.8. The van der Waals surface area contributed by atoms with Crippen molar-refractivity contribution in [2.75, 3.05) is 20.3 Å². The third kappa shape index (κ3) is 6.09. The Morgan fingerprint density at radius 1 is 1.67 bits per heavy atom. The van der Waals surface area contributed by atoms with E-state index in [2.05, 4.69) is 10.6 Å². The van der Waals surface area contributed by atoms with Crippen molar-refractivity contribution in [3.8, 4) is 0 Å². The lowest BCUT2D eigenvalue weighted by Crippen LogP contribution is -2.34. The molecule has 1 atom stereocenters. The Labute approximate surface area is 72.1 Å². The molecular formula is C7H16N2O3. The zero-order chi connectivity index (χ0) is 9.40. The quantitative estimate of drug-likeness (QED) is 0.455. The van der Waals surface area contributed by atoms with Gasteiger partial charge in [-0.15, -0.1) is 0 Å². The van der Waals surface area contributed by atoms with Crippen LogP contribution in [0.2, 0.25) is 0 Å². The van der Waals surface area contributed by atoms with Crippen LogP contribution in [-0.4, -0.2) is 37.6 Å². The molecule has 0 aliphatic rings. The van der Waals surface area contributed by atoms with Crippen molar-refractivity contribution in [1.29, 1.82) is 0 Å². The summed E-state index contributed by atoms with van der Waals surface area (Å²) in [5, 5.41) is 14.1. The molecule has 0 aliphatic carbocycles. The summed E-state index contributed by atoms with van der Waals surface area (Å²) in [5.41, 5.74) is 0. The molecule has 3 N–H and O–H groups in total. The normalized spacial score (nSPS) is 12.6. The first-order valence-electron chi connectivity index (χ1n) is 3.91. The highest BCUT2D eigenvalue weighted by Gasteiger charge is 2.01. The molecule has 0 rings (SSSR count). The molecule has 0 fully saturated rings. The molecule has 0 heterocycles. The number of nitrogens with one attached hydrogen (secondary N) is 2. The minimum Gasteiger partial charge on any atom is -0.368 e. The second-order valence-electron chi connectivity index (χ2n) is 2.30.